The maximum absolute atomic E-state index is 12.5. The van der Waals surface area contributed by atoms with Gasteiger partial charge in [-0.05, 0) is 24.3 Å². The van der Waals surface area contributed by atoms with Gasteiger partial charge in [-0.25, -0.2) is 0 Å². The summed E-state index contributed by atoms with van der Waals surface area (Å²) in [5.74, 6) is 0.661. The second-order valence-electron chi connectivity index (χ2n) is 6.51. The van der Waals surface area contributed by atoms with E-state index in [1.165, 1.54) is 4.90 Å². The first-order valence-electron chi connectivity index (χ1n) is 8.87. The van der Waals surface area contributed by atoms with E-state index in [-0.39, 0.29) is 12.5 Å². The zero-order chi connectivity index (χ0) is 18.4. The molecule has 0 aliphatic carbocycles. The third kappa shape index (κ3) is 4.97. The highest BCUT2D eigenvalue weighted by Crippen LogP contribution is 2.22. The molecule has 0 saturated carbocycles. The predicted molar refractivity (Wildman–Crippen MR) is 101 cm³/mol. The van der Waals surface area contributed by atoms with Crippen molar-refractivity contribution in [2.24, 2.45) is 0 Å². The molecule has 1 aliphatic heterocycles. The van der Waals surface area contributed by atoms with E-state index >= 15 is 0 Å². The number of hydrogen-bond acceptors (Lipinski definition) is 3. The number of nitrogens with zero attached hydrogens (tertiary/aromatic N) is 1. The summed E-state index contributed by atoms with van der Waals surface area (Å²) in [6.45, 7) is 3.84. The van der Waals surface area contributed by atoms with Crippen molar-refractivity contribution in [1.29, 1.82) is 0 Å². The van der Waals surface area contributed by atoms with Crippen LogP contribution in [0.5, 0.6) is 5.75 Å². The Bertz CT molecular complexity index is 718. The first kappa shape index (κ1) is 18.7. The molecule has 138 valence electrons. The quantitative estimate of drug-likeness (QED) is 0.795. The SMILES string of the molecule is O=C(c1ccccc1)N1CC[NH+](C[C@H](O)COc2ccccc2Cl)CC1. The zero-order valence-corrected chi connectivity index (χ0v) is 15.4. The lowest BCUT2D eigenvalue weighted by atomic mass is 10.2. The number of nitrogens with one attached hydrogen (secondary N) is 1. The van der Waals surface area contributed by atoms with Crippen LogP contribution in [0.3, 0.4) is 0 Å². The van der Waals surface area contributed by atoms with Crippen LogP contribution in [0.15, 0.2) is 54.6 Å². The highest BCUT2D eigenvalue weighted by Gasteiger charge is 2.26. The van der Waals surface area contributed by atoms with E-state index in [1.54, 1.807) is 12.1 Å². The van der Waals surface area contributed by atoms with E-state index in [2.05, 4.69) is 0 Å². The Labute approximate surface area is 158 Å². The number of carbonyl (C=O) groups excluding carboxylic acids is 1. The molecule has 1 saturated heterocycles. The number of piperazine rings is 1. The minimum atomic E-state index is -0.572. The van der Waals surface area contributed by atoms with Gasteiger partial charge in [-0.2, -0.15) is 0 Å². The van der Waals surface area contributed by atoms with Crippen LogP contribution in [0.1, 0.15) is 10.4 Å². The van der Waals surface area contributed by atoms with Crippen molar-refractivity contribution in [2.45, 2.75) is 6.10 Å². The maximum atomic E-state index is 12.5. The van der Waals surface area contributed by atoms with Crippen LogP contribution in [0.4, 0.5) is 0 Å². The molecule has 1 atom stereocenters. The number of hydrogen-bond donors (Lipinski definition) is 2. The molecule has 1 heterocycles. The van der Waals surface area contributed by atoms with E-state index < -0.39 is 6.10 Å². The molecule has 2 aromatic carbocycles. The smallest absolute Gasteiger partial charge is 0.254 e. The van der Waals surface area contributed by atoms with Gasteiger partial charge in [0.25, 0.3) is 5.91 Å². The summed E-state index contributed by atoms with van der Waals surface area (Å²) in [4.78, 5) is 15.6. The fourth-order valence-electron chi connectivity index (χ4n) is 3.13. The fraction of sp³-hybridized carbons (Fsp3) is 0.350. The molecule has 0 unspecified atom stereocenters. The summed E-state index contributed by atoms with van der Waals surface area (Å²) in [5, 5.41) is 10.8. The Morgan fingerprint density at radius 2 is 1.77 bits per heavy atom. The molecule has 0 bridgehead atoms. The van der Waals surface area contributed by atoms with Crippen molar-refractivity contribution in [3.63, 3.8) is 0 Å². The Morgan fingerprint density at radius 3 is 2.46 bits per heavy atom. The second-order valence-corrected chi connectivity index (χ2v) is 6.91. The Morgan fingerprint density at radius 1 is 1.12 bits per heavy atom. The van der Waals surface area contributed by atoms with Gasteiger partial charge in [-0.1, -0.05) is 41.9 Å². The molecule has 1 fully saturated rings. The Hall–Kier alpha value is -2.08. The summed E-state index contributed by atoms with van der Waals surface area (Å²) in [6, 6.07) is 16.6. The van der Waals surface area contributed by atoms with Crippen LogP contribution in [0.2, 0.25) is 5.02 Å². The van der Waals surface area contributed by atoms with Gasteiger partial charge in [0.15, 0.2) is 0 Å². The first-order chi connectivity index (χ1) is 12.6. The van der Waals surface area contributed by atoms with Gasteiger partial charge in [0, 0.05) is 5.56 Å². The number of benzene rings is 2. The van der Waals surface area contributed by atoms with Gasteiger partial charge in [0.05, 0.1) is 31.2 Å². The van der Waals surface area contributed by atoms with Crippen LogP contribution < -0.4 is 9.64 Å². The molecule has 0 radical (unpaired) electrons. The number of carbonyl (C=O) groups is 1. The van der Waals surface area contributed by atoms with Crippen LogP contribution >= 0.6 is 11.6 Å². The molecular weight excluding hydrogens is 352 g/mol. The standard InChI is InChI=1S/C20H23ClN2O3/c21-18-8-4-5-9-19(18)26-15-17(24)14-22-10-12-23(13-11-22)20(25)16-6-2-1-3-7-16/h1-9,17,24H,10-15H2/p+1/t17-/m0/s1. The predicted octanol–water partition coefficient (Wildman–Crippen LogP) is 1.12. The van der Waals surface area contributed by atoms with Gasteiger partial charge in [0.2, 0.25) is 0 Å². The molecular formula is C20H24ClN2O3+. The summed E-state index contributed by atoms with van der Waals surface area (Å²) >= 11 is 6.05. The molecule has 5 nitrogen and oxygen atoms in total. The third-order valence-corrected chi connectivity index (χ3v) is 4.88. The topological polar surface area (TPSA) is 54.2 Å². The van der Waals surface area contributed by atoms with Gasteiger partial charge in [-0.15, -0.1) is 0 Å². The molecule has 6 heteroatoms. The van der Waals surface area contributed by atoms with Crippen molar-refractivity contribution in [3.8, 4) is 5.75 Å². The minimum Gasteiger partial charge on any atom is -0.489 e. The van der Waals surface area contributed by atoms with Gasteiger partial charge >= 0.3 is 0 Å². The number of aliphatic hydroxyl groups is 1. The lowest BCUT2D eigenvalue weighted by Gasteiger charge is -2.33. The number of para-hydroxylation sites is 1. The number of halogens is 1. The summed E-state index contributed by atoms with van der Waals surface area (Å²) in [5.41, 5.74) is 0.726. The largest absolute Gasteiger partial charge is 0.489 e. The summed E-state index contributed by atoms with van der Waals surface area (Å²) < 4.78 is 5.60. The number of aliphatic hydroxyl groups excluding tert-OH is 1. The molecule has 0 aromatic heterocycles. The molecule has 3 rings (SSSR count). The zero-order valence-electron chi connectivity index (χ0n) is 14.6. The van der Waals surface area contributed by atoms with Gasteiger partial charge in [0.1, 0.15) is 25.0 Å². The van der Waals surface area contributed by atoms with E-state index in [9.17, 15) is 9.90 Å². The maximum Gasteiger partial charge on any atom is 0.254 e. The van der Waals surface area contributed by atoms with Crippen LogP contribution in [0.25, 0.3) is 0 Å². The average Bonchev–Trinajstić information content (AvgIpc) is 2.68. The molecule has 26 heavy (non-hydrogen) atoms. The molecule has 1 amide bonds. The summed E-state index contributed by atoms with van der Waals surface area (Å²) in [7, 11) is 0. The summed E-state index contributed by atoms with van der Waals surface area (Å²) in [6.07, 6.45) is -0.572. The third-order valence-electron chi connectivity index (χ3n) is 4.57. The van der Waals surface area contributed by atoms with Crippen molar-refractivity contribution in [1.82, 2.24) is 4.90 Å². The molecule has 2 N–H and O–H groups in total. The number of rotatable bonds is 6. The van der Waals surface area contributed by atoms with Crippen LogP contribution in [0, 0.1) is 0 Å². The second kappa shape index (κ2) is 9.03. The molecule has 0 spiro atoms. The monoisotopic (exact) mass is 375 g/mol. The minimum absolute atomic E-state index is 0.0762. The number of quaternary nitrogens is 1. The van der Waals surface area contributed by atoms with Crippen molar-refractivity contribution < 1.29 is 19.5 Å². The van der Waals surface area contributed by atoms with Crippen molar-refractivity contribution >= 4 is 17.5 Å². The lowest BCUT2D eigenvalue weighted by Crippen LogP contribution is -3.16. The normalized spacial score (nSPS) is 16.3. The van der Waals surface area contributed by atoms with E-state index in [0.29, 0.717) is 30.4 Å². The Balaban J connectivity index is 1.42. The molecule has 1 aliphatic rings. The van der Waals surface area contributed by atoms with Gasteiger partial charge in [-0.3, -0.25) is 4.79 Å². The van der Waals surface area contributed by atoms with Crippen molar-refractivity contribution in [2.75, 3.05) is 39.3 Å². The highest BCUT2D eigenvalue weighted by atomic mass is 35.5. The number of amides is 1. The van der Waals surface area contributed by atoms with Crippen LogP contribution in [-0.2, 0) is 0 Å². The van der Waals surface area contributed by atoms with Crippen LogP contribution in [-0.4, -0.2) is 61.3 Å². The molecule has 2 aromatic rings. The van der Waals surface area contributed by atoms with E-state index in [1.807, 2.05) is 47.4 Å². The lowest BCUT2D eigenvalue weighted by molar-refractivity contribution is -0.907. The van der Waals surface area contributed by atoms with E-state index in [4.69, 9.17) is 16.3 Å². The van der Waals surface area contributed by atoms with Crippen molar-refractivity contribution in [3.05, 3.63) is 65.2 Å². The van der Waals surface area contributed by atoms with E-state index in [0.717, 1.165) is 18.7 Å². The number of ether oxygens (including phenoxy) is 1. The average molecular weight is 376 g/mol. The van der Waals surface area contributed by atoms with Gasteiger partial charge < -0.3 is 19.6 Å². The fourth-order valence-corrected chi connectivity index (χ4v) is 3.32. The Kier molecular flexibility index (Phi) is 6.50. The first-order valence-corrected chi connectivity index (χ1v) is 9.24. The highest BCUT2D eigenvalue weighted by molar-refractivity contribution is 6.32.